The molecular weight excluding hydrogens is 234 g/mol. The number of rotatable bonds is 7. The lowest BCUT2D eigenvalue weighted by atomic mass is 10.4. The zero-order valence-corrected chi connectivity index (χ0v) is 10.8. The molecule has 0 aromatic carbocycles. The molecule has 6 nitrogen and oxygen atoms in total. The second-order valence-corrected chi connectivity index (χ2v) is 5.93. The summed E-state index contributed by atoms with van der Waals surface area (Å²) in [6.07, 6.45) is 0. The molecule has 0 bridgehead atoms. The predicted octanol–water partition coefficient (Wildman–Crippen LogP) is 0.146. The van der Waals surface area contributed by atoms with E-state index < -0.39 is 21.2 Å². The minimum atomic E-state index is -3.82. The molecule has 0 saturated heterocycles. The molecule has 16 heavy (non-hydrogen) atoms. The summed E-state index contributed by atoms with van der Waals surface area (Å²) in [5.41, 5.74) is 0. The summed E-state index contributed by atoms with van der Waals surface area (Å²) in [6, 6.07) is -0.290. The van der Waals surface area contributed by atoms with E-state index in [1.165, 1.54) is 14.0 Å². The van der Waals surface area contributed by atoms with Crippen LogP contribution in [0.4, 0.5) is 0 Å². The van der Waals surface area contributed by atoms with Gasteiger partial charge in [0, 0.05) is 19.7 Å². The lowest BCUT2D eigenvalue weighted by Gasteiger charge is -2.27. The fourth-order valence-electron chi connectivity index (χ4n) is 1.19. The van der Waals surface area contributed by atoms with Crippen LogP contribution >= 0.6 is 0 Å². The average molecular weight is 253 g/mol. The van der Waals surface area contributed by atoms with E-state index in [1.54, 1.807) is 13.8 Å². The van der Waals surface area contributed by atoms with E-state index in [2.05, 4.69) is 0 Å². The second kappa shape index (κ2) is 6.17. The van der Waals surface area contributed by atoms with E-state index in [4.69, 9.17) is 9.84 Å². The molecule has 1 atom stereocenters. The van der Waals surface area contributed by atoms with Crippen molar-refractivity contribution in [1.29, 1.82) is 0 Å². The Balaban J connectivity index is 4.97. The van der Waals surface area contributed by atoms with Crippen molar-refractivity contribution in [2.75, 3.05) is 20.3 Å². The van der Waals surface area contributed by atoms with Gasteiger partial charge in [-0.3, -0.25) is 4.79 Å². The second-order valence-electron chi connectivity index (χ2n) is 3.72. The molecule has 0 aliphatic carbocycles. The zero-order valence-electron chi connectivity index (χ0n) is 10.0. The lowest BCUT2D eigenvalue weighted by Crippen LogP contribution is -2.46. The largest absolute Gasteiger partial charge is 0.480 e. The normalized spacial score (nSPS) is 14.4. The Morgan fingerprint density at radius 3 is 2.19 bits per heavy atom. The van der Waals surface area contributed by atoms with Gasteiger partial charge in [0.15, 0.2) is 5.25 Å². The third-order valence-corrected chi connectivity index (χ3v) is 4.57. The highest BCUT2D eigenvalue weighted by Crippen LogP contribution is 2.13. The van der Waals surface area contributed by atoms with Gasteiger partial charge < -0.3 is 9.84 Å². The van der Waals surface area contributed by atoms with Gasteiger partial charge in [-0.2, -0.15) is 4.31 Å². The Morgan fingerprint density at radius 1 is 1.38 bits per heavy atom. The van der Waals surface area contributed by atoms with E-state index >= 15 is 0 Å². The van der Waals surface area contributed by atoms with Gasteiger partial charge in [0.2, 0.25) is 10.0 Å². The average Bonchev–Trinajstić information content (AvgIpc) is 2.16. The Hall–Kier alpha value is -0.660. The van der Waals surface area contributed by atoms with Crippen molar-refractivity contribution < 1.29 is 23.1 Å². The molecule has 0 aromatic heterocycles. The third-order valence-electron chi connectivity index (χ3n) is 2.21. The van der Waals surface area contributed by atoms with Crippen LogP contribution in [0.3, 0.4) is 0 Å². The Labute approximate surface area is 96.2 Å². The summed E-state index contributed by atoms with van der Waals surface area (Å²) in [4.78, 5) is 10.7. The maximum Gasteiger partial charge on any atom is 0.323 e. The molecule has 7 heteroatoms. The molecular formula is C9H19NO5S. The summed E-state index contributed by atoms with van der Waals surface area (Å²) in [5, 5.41) is 7.30. The number of carbonyl (C=O) groups is 1. The first-order valence-electron chi connectivity index (χ1n) is 4.97. The number of hydrogen-bond donors (Lipinski definition) is 1. The van der Waals surface area contributed by atoms with Gasteiger partial charge in [-0.25, -0.2) is 8.42 Å². The van der Waals surface area contributed by atoms with Crippen LogP contribution in [-0.4, -0.2) is 55.4 Å². The van der Waals surface area contributed by atoms with Crippen molar-refractivity contribution in [2.24, 2.45) is 0 Å². The standard InChI is InChI=1S/C9H19NO5S/c1-7(2)10(5-6-15-4)16(13,14)8(3)9(11)12/h7-8H,5-6H2,1-4H3,(H,11,12). The molecule has 0 radical (unpaired) electrons. The minimum Gasteiger partial charge on any atom is -0.480 e. The van der Waals surface area contributed by atoms with Crippen LogP contribution in [0, 0.1) is 0 Å². The molecule has 96 valence electrons. The van der Waals surface area contributed by atoms with Crippen molar-refractivity contribution in [1.82, 2.24) is 4.31 Å². The molecule has 0 heterocycles. The Kier molecular flexibility index (Phi) is 5.91. The molecule has 0 amide bonds. The van der Waals surface area contributed by atoms with Crippen molar-refractivity contribution in [3.8, 4) is 0 Å². The maximum atomic E-state index is 11.9. The van der Waals surface area contributed by atoms with Crippen molar-refractivity contribution in [3.05, 3.63) is 0 Å². The first-order valence-corrected chi connectivity index (χ1v) is 6.47. The van der Waals surface area contributed by atoms with Gasteiger partial charge in [0.05, 0.1) is 6.61 Å². The molecule has 0 spiro atoms. The fraction of sp³-hybridized carbons (Fsp3) is 0.889. The zero-order chi connectivity index (χ0) is 12.9. The third kappa shape index (κ3) is 3.73. The molecule has 0 aliphatic rings. The summed E-state index contributed by atoms with van der Waals surface area (Å²) < 4.78 is 29.8. The highest BCUT2D eigenvalue weighted by atomic mass is 32.2. The number of sulfonamides is 1. The topological polar surface area (TPSA) is 83.9 Å². The molecule has 0 aliphatic heterocycles. The smallest absolute Gasteiger partial charge is 0.323 e. The number of ether oxygens (including phenoxy) is 1. The van der Waals surface area contributed by atoms with E-state index in [0.29, 0.717) is 0 Å². The number of methoxy groups -OCH3 is 1. The highest BCUT2D eigenvalue weighted by molar-refractivity contribution is 7.90. The van der Waals surface area contributed by atoms with Crippen molar-refractivity contribution in [3.63, 3.8) is 0 Å². The van der Waals surface area contributed by atoms with Crippen molar-refractivity contribution in [2.45, 2.75) is 32.1 Å². The van der Waals surface area contributed by atoms with Crippen LogP contribution < -0.4 is 0 Å². The monoisotopic (exact) mass is 253 g/mol. The number of aliphatic carboxylic acids is 1. The van der Waals surface area contributed by atoms with Crippen LogP contribution in [0.2, 0.25) is 0 Å². The number of carboxylic acid groups (broad SMARTS) is 1. The van der Waals surface area contributed by atoms with Gasteiger partial charge in [0.25, 0.3) is 0 Å². The van der Waals surface area contributed by atoms with Crippen molar-refractivity contribution >= 4 is 16.0 Å². The summed E-state index contributed by atoms with van der Waals surface area (Å²) in [7, 11) is -2.35. The maximum absolute atomic E-state index is 11.9. The molecule has 0 aromatic rings. The van der Waals surface area contributed by atoms with E-state index in [0.717, 1.165) is 4.31 Å². The molecule has 0 rings (SSSR count). The van der Waals surface area contributed by atoms with Gasteiger partial charge in [-0.1, -0.05) is 0 Å². The summed E-state index contributed by atoms with van der Waals surface area (Å²) in [5.74, 6) is -1.34. The lowest BCUT2D eigenvalue weighted by molar-refractivity contribution is -0.136. The van der Waals surface area contributed by atoms with E-state index in [-0.39, 0.29) is 19.2 Å². The first-order chi connectivity index (χ1) is 7.25. The quantitative estimate of drug-likeness (QED) is 0.698. The van der Waals surface area contributed by atoms with E-state index in [1.807, 2.05) is 0 Å². The highest BCUT2D eigenvalue weighted by Gasteiger charge is 2.34. The Morgan fingerprint density at radius 2 is 1.88 bits per heavy atom. The number of carboxylic acids is 1. The SMILES string of the molecule is COCCN(C(C)C)S(=O)(=O)C(C)C(=O)O. The van der Waals surface area contributed by atoms with Gasteiger partial charge in [0.1, 0.15) is 0 Å². The van der Waals surface area contributed by atoms with Crippen LogP contribution in [0.5, 0.6) is 0 Å². The predicted molar refractivity (Wildman–Crippen MR) is 59.7 cm³/mol. The number of nitrogens with zero attached hydrogens (tertiary/aromatic N) is 1. The van der Waals surface area contributed by atoms with Gasteiger partial charge in [-0.15, -0.1) is 0 Å². The van der Waals surface area contributed by atoms with Crippen LogP contribution in [0.15, 0.2) is 0 Å². The molecule has 0 saturated carbocycles. The molecule has 1 unspecified atom stereocenters. The van der Waals surface area contributed by atoms with Crippen LogP contribution in [-0.2, 0) is 19.6 Å². The minimum absolute atomic E-state index is 0.161. The van der Waals surface area contributed by atoms with Gasteiger partial charge in [-0.05, 0) is 20.8 Å². The first kappa shape index (κ1) is 15.3. The summed E-state index contributed by atoms with van der Waals surface area (Å²) in [6.45, 7) is 4.96. The van der Waals surface area contributed by atoms with Crippen LogP contribution in [0.1, 0.15) is 20.8 Å². The molecule has 0 fully saturated rings. The Bertz CT molecular complexity index is 325. The molecule has 1 N–H and O–H groups in total. The van der Waals surface area contributed by atoms with E-state index in [9.17, 15) is 13.2 Å². The van der Waals surface area contributed by atoms with Gasteiger partial charge >= 0.3 is 5.97 Å². The van der Waals surface area contributed by atoms with Crippen LogP contribution in [0.25, 0.3) is 0 Å². The summed E-state index contributed by atoms with van der Waals surface area (Å²) >= 11 is 0. The number of hydrogen-bond acceptors (Lipinski definition) is 4. The fourth-order valence-corrected chi connectivity index (χ4v) is 2.77.